The first-order valence-corrected chi connectivity index (χ1v) is 6.79. The Morgan fingerprint density at radius 1 is 1.58 bits per heavy atom. The molecule has 0 aliphatic heterocycles. The Bertz CT molecular complexity index is 622. The molecular weight excluding hydrogens is 255 g/mol. The topological polar surface area (TPSA) is 65.0 Å². The Hall–Kier alpha value is -0.863. The number of hydrogen-bond donors (Lipinski definition) is 1. The molecule has 94 valence electrons. The summed E-state index contributed by atoms with van der Waals surface area (Å²) in [6, 6.07) is 3.60. The Labute approximate surface area is 127 Å². The third-order valence-electron chi connectivity index (χ3n) is 3.44. The van der Waals surface area contributed by atoms with Gasteiger partial charge >= 0.3 is 18.9 Å². The monoisotopic (exact) mass is 268 g/mol. The van der Waals surface area contributed by atoms with Crippen LogP contribution in [0.5, 0.6) is 0 Å². The molecule has 1 fully saturated rings. The summed E-state index contributed by atoms with van der Waals surface area (Å²) >= 11 is 1.45. The van der Waals surface area contributed by atoms with E-state index in [4.69, 9.17) is 0 Å². The van der Waals surface area contributed by atoms with Crippen molar-refractivity contribution in [2.24, 2.45) is 0 Å². The molecule has 0 saturated heterocycles. The van der Waals surface area contributed by atoms with Gasteiger partial charge in [0.2, 0.25) is 0 Å². The fourth-order valence-corrected chi connectivity index (χ4v) is 2.75. The SMILES string of the molecule is CC1(NCc2cc(C(=O)[O-])nc3sccc23)CC1.[Li+]. The predicted octanol–water partition coefficient (Wildman–Crippen LogP) is -1.69. The summed E-state index contributed by atoms with van der Waals surface area (Å²) in [7, 11) is 0. The molecule has 1 aliphatic carbocycles. The van der Waals surface area contributed by atoms with Crippen LogP contribution in [0.1, 0.15) is 35.8 Å². The summed E-state index contributed by atoms with van der Waals surface area (Å²) in [6.45, 7) is 2.85. The van der Waals surface area contributed by atoms with Crippen molar-refractivity contribution >= 4 is 27.5 Å². The van der Waals surface area contributed by atoms with Crippen molar-refractivity contribution in [1.82, 2.24) is 10.3 Å². The molecule has 3 rings (SSSR count). The number of hydrogen-bond acceptors (Lipinski definition) is 5. The number of aromatic nitrogens is 1. The van der Waals surface area contributed by atoms with Gasteiger partial charge in [-0.05, 0) is 42.8 Å². The van der Waals surface area contributed by atoms with Crippen LogP contribution < -0.4 is 29.3 Å². The number of rotatable bonds is 4. The largest absolute Gasteiger partial charge is 1.00 e. The number of carbonyl (C=O) groups is 1. The minimum atomic E-state index is -1.22. The molecular formula is C13H13LiN2O2S. The second-order valence-electron chi connectivity index (χ2n) is 5.01. The Balaban J connectivity index is 0.00000133. The molecule has 0 amide bonds. The molecule has 0 unspecified atom stereocenters. The molecule has 0 atom stereocenters. The number of carboxylic acids is 1. The quantitative estimate of drug-likeness (QED) is 0.672. The van der Waals surface area contributed by atoms with Crippen LogP contribution in [0.25, 0.3) is 10.2 Å². The number of thiophene rings is 1. The van der Waals surface area contributed by atoms with E-state index < -0.39 is 5.97 Å². The number of carbonyl (C=O) groups excluding carboxylic acids is 1. The van der Waals surface area contributed by atoms with Crippen molar-refractivity contribution in [3.8, 4) is 0 Å². The van der Waals surface area contributed by atoms with E-state index in [1.54, 1.807) is 6.07 Å². The molecule has 1 N–H and O–H groups in total. The van der Waals surface area contributed by atoms with Gasteiger partial charge in [-0.25, -0.2) is 4.98 Å². The molecule has 4 nitrogen and oxygen atoms in total. The molecule has 1 aliphatic rings. The molecule has 0 bridgehead atoms. The van der Waals surface area contributed by atoms with E-state index >= 15 is 0 Å². The van der Waals surface area contributed by atoms with E-state index in [1.165, 1.54) is 24.2 Å². The zero-order valence-corrected chi connectivity index (χ0v) is 11.8. The van der Waals surface area contributed by atoms with E-state index in [1.807, 2.05) is 11.4 Å². The predicted molar refractivity (Wildman–Crippen MR) is 68.4 cm³/mol. The molecule has 0 spiro atoms. The fraction of sp³-hybridized carbons (Fsp3) is 0.385. The number of aromatic carboxylic acids is 1. The number of carboxylic acid groups (broad SMARTS) is 1. The second kappa shape index (κ2) is 5.26. The van der Waals surface area contributed by atoms with E-state index in [2.05, 4.69) is 17.2 Å². The average Bonchev–Trinajstić information content (AvgIpc) is 2.90. The maximum Gasteiger partial charge on any atom is 1.00 e. The van der Waals surface area contributed by atoms with Crippen molar-refractivity contribution in [3.63, 3.8) is 0 Å². The Morgan fingerprint density at radius 3 is 2.95 bits per heavy atom. The van der Waals surface area contributed by atoms with Crippen molar-refractivity contribution < 1.29 is 28.8 Å². The molecule has 1 saturated carbocycles. The van der Waals surface area contributed by atoms with Gasteiger partial charge in [0.15, 0.2) is 0 Å². The molecule has 6 heteroatoms. The minimum Gasteiger partial charge on any atom is -0.543 e. The zero-order chi connectivity index (χ0) is 12.8. The average molecular weight is 268 g/mol. The third-order valence-corrected chi connectivity index (χ3v) is 4.25. The maximum absolute atomic E-state index is 10.9. The van der Waals surface area contributed by atoms with Crippen LogP contribution >= 0.6 is 11.3 Å². The number of nitrogens with one attached hydrogen (secondary N) is 1. The van der Waals surface area contributed by atoms with Gasteiger partial charge in [0, 0.05) is 17.5 Å². The van der Waals surface area contributed by atoms with Gasteiger partial charge in [-0.1, -0.05) is 0 Å². The van der Waals surface area contributed by atoms with Gasteiger partial charge in [-0.2, -0.15) is 0 Å². The Morgan fingerprint density at radius 2 is 2.32 bits per heavy atom. The number of nitrogens with zero attached hydrogens (tertiary/aromatic N) is 1. The zero-order valence-electron chi connectivity index (χ0n) is 11.0. The summed E-state index contributed by atoms with van der Waals surface area (Å²) < 4.78 is 0. The van der Waals surface area contributed by atoms with Gasteiger partial charge in [0.05, 0.1) is 11.7 Å². The second-order valence-corrected chi connectivity index (χ2v) is 5.90. The van der Waals surface area contributed by atoms with Crippen LogP contribution in [0.4, 0.5) is 0 Å². The number of fused-ring (bicyclic) bond motifs is 1. The standard InChI is InChI=1S/C13H14N2O2S.Li/c1-13(3-4-13)14-7-8-6-10(12(16)17)15-11-9(8)2-5-18-11;/h2,5-6,14H,3-4,7H2,1H3,(H,16,17);/q;+1/p-1. The summed E-state index contributed by atoms with van der Waals surface area (Å²) in [6.07, 6.45) is 2.36. The van der Waals surface area contributed by atoms with Gasteiger partial charge in [0.1, 0.15) is 4.83 Å². The van der Waals surface area contributed by atoms with Crippen molar-refractivity contribution in [2.75, 3.05) is 0 Å². The summed E-state index contributed by atoms with van der Waals surface area (Å²) in [5.74, 6) is -1.22. The van der Waals surface area contributed by atoms with Gasteiger partial charge in [-0.15, -0.1) is 11.3 Å². The first kappa shape index (κ1) is 14.5. The van der Waals surface area contributed by atoms with Crippen LogP contribution in [0, 0.1) is 0 Å². The van der Waals surface area contributed by atoms with E-state index in [9.17, 15) is 9.90 Å². The summed E-state index contributed by atoms with van der Waals surface area (Å²) in [4.78, 5) is 15.8. The van der Waals surface area contributed by atoms with E-state index in [-0.39, 0.29) is 30.1 Å². The van der Waals surface area contributed by atoms with Crippen LogP contribution in [0.3, 0.4) is 0 Å². The van der Waals surface area contributed by atoms with Crippen LogP contribution in [-0.4, -0.2) is 16.5 Å². The van der Waals surface area contributed by atoms with Crippen molar-refractivity contribution in [3.05, 3.63) is 28.8 Å². The summed E-state index contributed by atoms with van der Waals surface area (Å²) in [5, 5.41) is 17.4. The number of pyridine rings is 1. The van der Waals surface area contributed by atoms with Crippen molar-refractivity contribution in [1.29, 1.82) is 0 Å². The third kappa shape index (κ3) is 3.01. The Kier molecular flexibility index (Phi) is 4.02. The van der Waals surface area contributed by atoms with Gasteiger partial charge in [-0.3, -0.25) is 0 Å². The van der Waals surface area contributed by atoms with Crippen molar-refractivity contribution in [2.45, 2.75) is 31.8 Å². The van der Waals surface area contributed by atoms with E-state index in [0.29, 0.717) is 6.54 Å². The maximum atomic E-state index is 10.9. The van der Waals surface area contributed by atoms with Crippen LogP contribution in [0.2, 0.25) is 0 Å². The molecule has 2 aromatic rings. The first-order chi connectivity index (χ1) is 8.57. The molecule has 0 radical (unpaired) electrons. The van der Waals surface area contributed by atoms with Crippen LogP contribution in [-0.2, 0) is 6.54 Å². The molecule has 2 aromatic heterocycles. The first-order valence-electron chi connectivity index (χ1n) is 5.91. The molecule has 2 heterocycles. The minimum absolute atomic E-state index is 0. The van der Waals surface area contributed by atoms with Gasteiger partial charge in [0.25, 0.3) is 0 Å². The smallest absolute Gasteiger partial charge is 0.543 e. The molecule has 19 heavy (non-hydrogen) atoms. The fourth-order valence-electron chi connectivity index (χ4n) is 1.94. The van der Waals surface area contributed by atoms with E-state index in [0.717, 1.165) is 15.8 Å². The normalized spacial score (nSPS) is 16.1. The molecule has 0 aromatic carbocycles. The summed E-state index contributed by atoms with van der Waals surface area (Å²) in [5.41, 5.74) is 1.23. The van der Waals surface area contributed by atoms with Crippen LogP contribution in [0.15, 0.2) is 17.5 Å². The van der Waals surface area contributed by atoms with Gasteiger partial charge < -0.3 is 15.2 Å².